The topological polar surface area (TPSA) is 222 Å². The van der Waals surface area contributed by atoms with Gasteiger partial charge in [-0.05, 0) is 17.9 Å². The lowest BCUT2D eigenvalue weighted by Gasteiger charge is -2.26. The van der Waals surface area contributed by atoms with Crippen LogP contribution in [0.15, 0.2) is 42.9 Å². The van der Waals surface area contributed by atoms with Gasteiger partial charge < -0.3 is 37.5 Å². The number of hydrogen-bond acceptors (Lipinski definition) is 7. The molecule has 1 aromatic heterocycles. The van der Waals surface area contributed by atoms with E-state index in [1.165, 1.54) is 12.5 Å². The molecule has 0 spiro atoms. The van der Waals surface area contributed by atoms with Crippen LogP contribution in [0.2, 0.25) is 0 Å². The molecular weight excluding hydrogens is 506 g/mol. The van der Waals surface area contributed by atoms with Crippen molar-refractivity contribution >= 4 is 29.6 Å². The van der Waals surface area contributed by atoms with Crippen molar-refractivity contribution < 1.29 is 29.1 Å². The average molecular weight is 544 g/mol. The quantitative estimate of drug-likeness (QED) is 0.144. The fourth-order valence-electron chi connectivity index (χ4n) is 3.76. The van der Waals surface area contributed by atoms with Gasteiger partial charge in [0.25, 0.3) is 0 Å². The normalized spacial score (nSPS) is 14.7. The van der Waals surface area contributed by atoms with Crippen molar-refractivity contribution in [3.8, 4) is 0 Å². The summed E-state index contributed by atoms with van der Waals surface area (Å²) in [6.45, 7) is 3.70. The van der Waals surface area contributed by atoms with E-state index < -0.39 is 53.8 Å². The number of nitrogens with zero attached hydrogens (tertiary/aromatic N) is 1. The smallest absolute Gasteiger partial charge is 0.326 e. The van der Waals surface area contributed by atoms with Crippen LogP contribution in [0, 0.1) is 5.92 Å². The van der Waals surface area contributed by atoms with E-state index >= 15 is 0 Å². The van der Waals surface area contributed by atoms with Gasteiger partial charge in [-0.2, -0.15) is 0 Å². The number of aromatic nitrogens is 2. The number of carbonyl (C=O) groups excluding carboxylic acids is 4. The number of aromatic amines is 1. The summed E-state index contributed by atoms with van der Waals surface area (Å²) in [5.41, 5.74) is 12.5. The minimum atomic E-state index is -1.30. The van der Waals surface area contributed by atoms with E-state index in [4.69, 9.17) is 11.5 Å². The Morgan fingerprint density at radius 2 is 1.56 bits per heavy atom. The van der Waals surface area contributed by atoms with E-state index in [-0.39, 0.29) is 31.6 Å². The fourth-order valence-corrected chi connectivity index (χ4v) is 3.76. The summed E-state index contributed by atoms with van der Waals surface area (Å²) >= 11 is 0. The van der Waals surface area contributed by atoms with Gasteiger partial charge in [0.05, 0.1) is 12.4 Å². The number of carbonyl (C=O) groups is 5. The zero-order valence-corrected chi connectivity index (χ0v) is 22.1. The van der Waals surface area contributed by atoms with Gasteiger partial charge in [0.1, 0.15) is 18.1 Å². The zero-order chi connectivity index (χ0) is 28.9. The first-order chi connectivity index (χ1) is 18.5. The first kappa shape index (κ1) is 31.0. The van der Waals surface area contributed by atoms with Crippen LogP contribution in [0.4, 0.5) is 0 Å². The van der Waals surface area contributed by atoms with Crippen LogP contribution in [0.25, 0.3) is 0 Å². The summed E-state index contributed by atoms with van der Waals surface area (Å²) in [4.78, 5) is 69.3. The number of nitrogens with one attached hydrogen (secondary N) is 4. The Balaban J connectivity index is 2.22. The first-order valence-corrected chi connectivity index (χ1v) is 12.7. The summed E-state index contributed by atoms with van der Waals surface area (Å²) in [5.74, 6) is -4.20. The third kappa shape index (κ3) is 10.2. The molecule has 9 N–H and O–H groups in total. The second kappa shape index (κ2) is 15.2. The lowest BCUT2D eigenvalue weighted by molar-refractivity contribution is -0.142. The molecule has 212 valence electrons. The molecule has 2 rings (SSSR count). The molecule has 1 heterocycles. The molecule has 0 saturated heterocycles. The Labute approximate surface area is 226 Å². The molecule has 0 fully saturated rings. The SMILES string of the molecule is CCC(C)C(N)C(=O)NC(Cc1cnc[nH]1)C(=O)NC(CCC(N)=O)C(=O)NC(Cc1ccccc1)C(=O)O. The molecule has 2 aromatic rings. The summed E-state index contributed by atoms with van der Waals surface area (Å²) < 4.78 is 0. The third-order valence-corrected chi connectivity index (χ3v) is 6.38. The van der Waals surface area contributed by atoms with E-state index in [2.05, 4.69) is 25.9 Å². The van der Waals surface area contributed by atoms with Crippen LogP contribution in [0.3, 0.4) is 0 Å². The molecule has 0 aliphatic rings. The van der Waals surface area contributed by atoms with Gasteiger partial charge in [-0.25, -0.2) is 9.78 Å². The second-order valence-corrected chi connectivity index (χ2v) is 9.41. The van der Waals surface area contributed by atoms with E-state index in [9.17, 15) is 29.1 Å². The molecule has 13 nitrogen and oxygen atoms in total. The van der Waals surface area contributed by atoms with Crippen LogP contribution in [-0.4, -0.2) is 68.8 Å². The largest absolute Gasteiger partial charge is 0.480 e. The van der Waals surface area contributed by atoms with Crippen molar-refractivity contribution in [2.24, 2.45) is 17.4 Å². The Morgan fingerprint density at radius 3 is 2.13 bits per heavy atom. The average Bonchev–Trinajstić information content (AvgIpc) is 3.42. The van der Waals surface area contributed by atoms with Crippen molar-refractivity contribution in [2.45, 2.75) is 70.1 Å². The van der Waals surface area contributed by atoms with E-state index in [1.54, 1.807) is 30.3 Å². The predicted octanol–water partition coefficient (Wildman–Crippen LogP) is -0.627. The maximum atomic E-state index is 13.3. The fraction of sp³-hybridized carbons (Fsp3) is 0.462. The number of primary amides is 1. The molecule has 13 heteroatoms. The highest BCUT2D eigenvalue weighted by molar-refractivity contribution is 5.94. The van der Waals surface area contributed by atoms with Gasteiger partial charge in [0, 0.05) is 31.2 Å². The van der Waals surface area contributed by atoms with Gasteiger partial charge in [-0.1, -0.05) is 50.6 Å². The number of aliphatic carboxylic acids is 1. The molecule has 5 unspecified atom stereocenters. The number of hydrogen-bond donors (Lipinski definition) is 7. The van der Waals surface area contributed by atoms with Crippen LogP contribution in [0.5, 0.6) is 0 Å². The number of rotatable bonds is 16. The summed E-state index contributed by atoms with van der Waals surface area (Å²) in [6, 6.07) is 4.12. The molecule has 0 saturated carbocycles. The number of imidazole rings is 1. The molecule has 5 atom stereocenters. The van der Waals surface area contributed by atoms with Crippen molar-refractivity contribution in [1.82, 2.24) is 25.9 Å². The van der Waals surface area contributed by atoms with Crippen LogP contribution < -0.4 is 27.4 Å². The standard InChI is InChI=1S/C26H37N7O6/c1-3-15(2)22(28)25(37)32-19(12-17-13-29-14-30-17)24(36)31-18(9-10-21(27)34)23(35)33-20(26(38)39)11-16-7-5-4-6-8-16/h4-8,13-15,18-20,22H,3,9-12,28H2,1-2H3,(H2,27,34)(H,29,30)(H,31,36)(H,32,37)(H,33,35)(H,38,39). The molecule has 0 aliphatic heterocycles. The number of benzene rings is 1. The lowest BCUT2D eigenvalue weighted by Crippen LogP contribution is -2.58. The molecule has 4 amide bonds. The Bertz CT molecular complexity index is 1110. The van der Waals surface area contributed by atoms with E-state index in [1.807, 2.05) is 13.8 Å². The summed E-state index contributed by atoms with van der Waals surface area (Å²) in [7, 11) is 0. The van der Waals surface area contributed by atoms with E-state index in [0.29, 0.717) is 17.7 Å². The molecule has 0 aliphatic carbocycles. The van der Waals surface area contributed by atoms with Crippen molar-refractivity contribution in [1.29, 1.82) is 0 Å². The number of nitrogens with two attached hydrogens (primary N) is 2. The highest BCUT2D eigenvalue weighted by Gasteiger charge is 2.31. The van der Waals surface area contributed by atoms with Crippen LogP contribution in [-0.2, 0) is 36.8 Å². The predicted molar refractivity (Wildman–Crippen MR) is 142 cm³/mol. The molecule has 0 bridgehead atoms. The maximum absolute atomic E-state index is 13.3. The number of H-pyrrole nitrogens is 1. The Hall–Kier alpha value is -4.26. The van der Waals surface area contributed by atoms with E-state index in [0.717, 1.165) is 0 Å². The van der Waals surface area contributed by atoms with Gasteiger partial charge in [0.2, 0.25) is 23.6 Å². The second-order valence-electron chi connectivity index (χ2n) is 9.41. The van der Waals surface area contributed by atoms with Gasteiger partial charge in [-0.3, -0.25) is 19.2 Å². The first-order valence-electron chi connectivity index (χ1n) is 12.7. The molecule has 0 radical (unpaired) electrons. The molecular formula is C26H37N7O6. The number of amides is 4. The highest BCUT2D eigenvalue weighted by atomic mass is 16.4. The van der Waals surface area contributed by atoms with Crippen molar-refractivity contribution in [2.75, 3.05) is 0 Å². The maximum Gasteiger partial charge on any atom is 0.326 e. The minimum absolute atomic E-state index is 0.00437. The van der Waals surface area contributed by atoms with Crippen LogP contribution in [0.1, 0.15) is 44.4 Å². The van der Waals surface area contributed by atoms with Gasteiger partial charge in [-0.15, -0.1) is 0 Å². The van der Waals surface area contributed by atoms with Crippen LogP contribution >= 0.6 is 0 Å². The number of carboxylic acids is 1. The van der Waals surface area contributed by atoms with Crippen molar-refractivity contribution in [3.63, 3.8) is 0 Å². The van der Waals surface area contributed by atoms with Crippen molar-refractivity contribution in [3.05, 3.63) is 54.1 Å². The summed E-state index contributed by atoms with van der Waals surface area (Å²) in [5, 5.41) is 17.3. The zero-order valence-electron chi connectivity index (χ0n) is 22.1. The lowest BCUT2D eigenvalue weighted by atomic mass is 9.98. The molecule has 39 heavy (non-hydrogen) atoms. The minimum Gasteiger partial charge on any atom is -0.480 e. The summed E-state index contributed by atoms with van der Waals surface area (Å²) in [6.07, 6.45) is 3.14. The molecule has 1 aromatic carbocycles. The van der Waals surface area contributed by atoms with Gasteiger partial charge >= 0.3 is 5.97 Å². The Kier molecular flexibility index (Phi) is 12.1. The Morgan fingerprint density at radius 1 is 0.949 bits per heavy atom. The van der Waals surface area contributed by atoms with Gasteiger partial charge in [0.15, 0.2) is 0 Å². The number of carboxylic acid groups (broad SMARTS) is 1. The highest BCUT2D eigenvalue weighted by Crippen LogP contribution is 2.09. The monoisotopic (exact) mass is 543 g/mol. The third-order valence-electron chi connectivity index (χ3n) is 6.38.